The highest BCUT2D eigenvalue weighted by Crippen LogP contribution is 2.32. The van der Waals surface area contributed by atoms with Crippen LogP contribution < -0.4 is 5.32 Å². The Labute approximate surface area is 130 Å². The average Bonchev–Trinajstić information content (AvgIpc) is 3.00. The zero-order valence-electron chi connectivity index (χ0n) is 11.9. The maximum Gasteiger partial charge on any atom is 0.252 e. The molecule has 1 aliphatic rings. The van der Waals surface area contributed by atoms with Gasteiger partial charge in [0.1, 0.15) is 4.21 Å². The lowest BCUT2D eigenvalue weighted by atomic mass is 10.2. The van der Waals surface area contributed by atoms with Gasteiger partial charge in [-0.25, -0.2) is 8.42 Å². The van der Waals surface area contributed by atoms with Crippen LogP contribution >= 0.6 is 22.9 Å². The number of rotatable bonds is 6. The van der Waals surface area contributed by atoms with Crippen molar-refractivity contribution in [2.45, 2.75) is 43.4 Å². The van der Waals surface area contributed by atoms with Crippen molar-refractivity contribution in [3.63, 3.8) is 0 Å². The molecule has 0 aromatic carbocycles. The van der Waals surface area contributed by atoms with Gasteiger partial charge in [0.25, 0.3) is 10.0 Å². The van der Waals surface area contributed by atoms with Crippen LogP contribution in [0.15, 0.2) is 10.3 Å². The van der Waals surface area contributed by atoms with Crippen LogP contribution in [0.25, 0.3) is 0 Å². The van der Waals surface area contributed by atoms with Crippen LogP contribution in [0.2, 0.25) is 4.34 Å². The predicted octanol–water partition coefficient (Wildman–Crippen LogP) is 2.86. The molecule has 1 N–H and O–H groups in total. The lowest BCUT2D eigenvalue weighted by Gasteiger charge is -2.24. The fourth-order valence-corrected chi connectivity index (χ4v) is 5.84. The monoisotopic (exact) mass is 336 g/mol. The van der Waals surface area contributed by atoms with Crippen LogP contribution in [0, 0.1) is 6.92 Å². The Bertz CT molecular complexity index is 531. The van der Waals surface area contributed by atoms with Crippen LogP contribution in [0.3, 0.4) is 0 Å². The molecule has 2 heterocycles. The van der Waals surface area contributed by atoms with Crippen molar-refractivity contribution in [3.8, 4) is 0 Å². The molecule has 4 nitrogen and oxygen atoms in total. The summed E-state index contributed by atoms with van der Waals surface area (Å²) in [4.78, 5) is 0. The summed E-state index contributed by atoms with van der Waals surface area (Å²) in [7, 11) is -3.42. The number of nitrogens with zero attached hydrogens (tertiary/aromatic N) is 1. The molecule has 1 aromatic rings. The first-order valence-corrected chi connectivity index (χ1v) is 9.58. The van der Waals surface area contributed by atoms with Crippen molar-refractivity contribution in [1.82, 2.24) is 9.62 Å². The highest BCUT2D eigenvalue weighted by Gasteiger charge is 2.29. The minimum atomic E-state index is -3.42. The molecule has 1 aromatic heterocycles. The number of sulfonamides is 1. The number of thiophene rings is 1. The molecule has 1 unspecified atom stereocenters. The fraction of sp³-hybridized carbons (Fsp3) is 0.692. The summed E-state index contributed by atoms with van der Waals surface area (Å²) in [5.41, 5.74) is 0.825. The van der Waals surface area contributed by atoms with E-state index < -0.39 is 10.0 Å². The number of halogens is 1. The van der Waals surface area contributed by atoms with Crippen molar-refractivity contribution in [2.24, 2.45) is 0 Å². The van der Waals surface area contributed by atoms with Gasteiger partial charge in [0.2, 0.25) is 0 Å². The molecule has 0 spiro atoms. The van der Waals surface area contributed by atoms with Gasteiger partial charge in [0.05, 0.1) is 4.34 Å². The first-order chi connectivity index (χ1) is 9.45. The van der Waals surface area contributed by atoms with E-state index in [1.54, 1.807) is 10.4 Å². The molecule has 0 amide bonds. The molecule has 20 heavy (non-hydrogen) atoms. The van der Waals surface area contributed by atoms with E-state index in [0.717, 1.165) is 42.7 Å². The lowest BCUT2D eigenvalue weighted by molar-refractivity contribution is 0.370. The predicted molar refractivity (Wildman–Crippen MR) is 84.1 cm³/mol. The molecule has 114 valence electrons. The maximum absolute atomic E-state index is 12.7. The first-order valence-electron chi connectivity index (χ1n) is 6.94. The largest absolute Gasteiger partial charge is 0.313 e. The van der Waals surface area contributed by atoms with Gasteiger partial charge in [-0.1, -0.05) is 18.5 Å². The molecule has 1 saturated heterocycles. The molecule has 0 saturated carbocycles. The summed E-state index contributed by atoms with van der Waals surface area (Å²) in [6.07, 6.45) is 2.97. The molecule has 1 atom stereocenters. The molecule has 7 heteroatoms. The van der Waals surface area contributed by atoms with Crippen LogP contribution in [0.1, 0.15) is 31.7 Å². The Balaban J connectivity index is 2.21. The molecule has 0 radical (unpaired) electrons. The molecule has 0 aliphatic carbocycles. The Morgan fingerprint density at radius 2 is 2.30 bits per heavy atom. The zero-order valence-corrected chi connectivity index (χ0v) is 14.2. The van der Waals surface area contributed by atoms with Gasteiger partial charge in [-0.15, -0.1) is 11.3 Å². The van der Waals surface area contributed by atoms with Crippen molar-refractivity contribution in [3.05, 3.63) is 16.0 Å². The van der Waals surface area contributed by atoms with Gasteiger partial charge < -0.3 is 5.32 Å². The van der Waals surface area contributed by atoms with Gasteiger partial charge in [0.15, 0.2) is 0 Å². The average molecular weight is 337 g/mol. The Morgan fingerprint density at radius 1 is 1.55 bits per heavy atom. The van der Waals surface area contributed by atoms with E-state index in [0.29, 0.717) is 21.6 Å². The normalized spacial score (nSPS) is 19.9. The summed E-state index contributed by atoms with van der Waals surface area (Å²) >= 11 is 7.16. The van der Waals surface area contributed by atoms with E-state index in [2.05, 4.69) is 5.32 Å². The van der Waals surface area contributed by atoms with Gasteiger partial charge in [0, 0.05) is 19.1 Å². The molecular weight excluding hydrogens is 316 g/mol. The standard InChI is InChI=1S/C13H21ClN2O2S2/c1-3-7-16(9-11-5-4-6-15-11)20(17,18)12-8-10(2)13(14)19-12/h8,11,15H,3-7,9H2,1-2H3. The van der Waals surface area contributed by atoms with Crippen molar-refractivity contribution in [2.75, 3.05) is 19.6 Å². The smallest absolute Gasteiger partial charge is 0.252 e. The molecule has 1 aliphatic heterocycles. The number of aryl methyl sites for hydroxylation is 1. The van der Waals surface area contributed by atoms with Gasteiger partial charge in [-0.05, 0) is 44.4 Å². The molecule has 0 bridgehead atoms. The lowest BCUT2D eigenvalue weighted by Crippen LogP contribution is -2.41. The van der Waals surface area contributed by atoms with E-state index >= 15 is 0 Å². The van der Waals surface area contributed by atoms with Crippen LogP contribution in [-0.2, 0) is 10.0 Å². The van der Waals surface area contributed by atoms with Crippen LogP contribution in [0.4, 0.5) is 0 Å². The fourth-order valence-electron chi connectivity index (χ4n) is 2.40. The second kappa shape index (κ2) is 6.75. The quantitative estimate of drug-likeness (QED) is 0.869. The summed E-state index contributed by atoms with van der Waals surface area (Å²) in [6, 6.07) is 1.94. The van der Waals surface area contributed by atoms with Gasteiger partial charge in [-0.3, -0.25) is 0 Å². The second-order valence-electron chi connectivity index (χ2n) is 5.18. The van der Waals surface area contributed by atoms with Crippen molar-refractivity contribution < 1.29 is 8.42 Å². The third-order valence-corrected chi connectivity index (χ3v) is 7.36. The minimum absolute atomic E-state index is 0.271. The Morgan fingerprint density at radius 3 is 2.80 bits per heavy atom. The summed E-state index contributed by atoms with van der Waals surface area (Å²) in [6.45, 7) is 5.91. The SMILES string of the molecule is CCCN(CC1CCCN1)S(=O)(=O)c1cc(C)c(Cl)s1. The Hall–Kier alpha value is -0.140. The highest BCUT2D eigenvalue weighted by atomic mass is 35.5. The third-order valence-electron chi connectivity index (χ3n) is 3.49. The molecule has 1 fully saturated rings. The van der Waals surface area contributed by atoms with E-state index in [1.807, 2.05) is 13.8 Å². The summed E-state index contributed by atoms with van der Waals surface area (Å²) in [5, 5.41) is 3.36. The molecular formula is C13H21ClN2O2S2. The van der Waals surface area contributed by atoms with Gasteiger partial charge >= 0.3 is 0 Å². The van der Waals surface area contributed by atoms with E-state index in [1.165, 1.54) is 0 Å². The number of hydrogen-bond donors (Lipinski definition) is 1. The minimum Gasteiger partial charge on any atom is -0.313 e. The zero-order chi connectivity index (χ0) is 14.8. The van der Waals surface area contributed by atoms with Crippen LogP contribution in [0.5, 0.6) is 0 Å². The molecule has 2 rings (SSSR count). The van der Waals surface area contributed by atoms with Gasteiger partial charge in [-0.2, -0.15) is 4.31 Å². The van der Waals surface area contributed by atoms with E-state index in [4.69, 9.17) is 11.6 Å². The summed E-state index contributed by atoms with van der Waals surface area (Å²) < 4.78 is 28.0. The summed E-state index contributed by atoms with van der Waals surface area (Å²) in [5.74, 6) is 0. The Kier molecular flexibility index (Phi) is 5.48. The first kappa shape index (κ1) is 16.2. The van der Waals surface area contributed by atoms with Crippen molar-refractivity contribution in [1.29, 1.82) is 0 Å². The second-order valence-corrected chi connectivity index (χ2v) is 9.00. The van der Waals surface area contributed by atoms with Crippen molar-refractivity contribution >= 4 is 33.0 Å². The topological polar surface area (TPSA) is 49.4 Å². The van der Waals surface area contributed by atoms with Crippen LogP contribution in [-0.4, -0.2) is 38.4 Å². The number of nitrogens with one attached hydrogen (secondary N) is 1. The van der Waals surface area contributed by atoms with E-state index in [-0.39, 0.29) is 6.04 Å². The maximum atomic E-state index is 12.7. The van der Waals surface area contributed by atoms with E-state index in [9.17, 15) is 8.42 Å². The number of hydrogen-bond acceptors (Lipinski definition) is 4. The highest BCUT2D eigenvalue weighted by molar-refractivity contribution is 7.91. The third kappa shape index (κ3) is 3.54.